The molecule has 1 heterocycles. The Morgan fingerprint density at radius 2 is 2.29 bits per heavy atom. The molecule has 0 amide bonds. The minimum absolute atomic E-state index is 0.0379. The van der Waals surface area contributed by atoms with E-state index < -0.39 is 5.79 Å². The van der Waals surface area contributed by atoms with Crippen molar-refractivity contribution in [2.24, 2.45) is 0 Å². The Morgan fingerprint density at radius 3 is 2.71 bits per heavy atom. The Hall–Kier alpha value is -0.650. The summed E-state index contributed by atoms with van der Waals surface area (Å²) in [6, 6.07) is 0. The van der Waals surface area contributed by atoms with Crippen LogP contribution in [0.5, 0.6) is 0 Å². The van der Waals surface area contributed by atoms with Gasteiger partial charge in [0.15, 0.2) is 0 Å². The van der Waals surface area contributed by atoms with Crippen LogP contribution in [0.25, 0.3) is 0 Å². The predicted octanol–water partition coefficient (Wildman–Crippen LogP) is 0.327. The fraction of sp³-hybridized carbons (Fsp3) is 0.889. The average Bonchev–Trinajstić information content (AvgIpc) is 2.22. The zero-order chi connectivity index (χ0) is 10.6. The summed E-state index contributed by atoms with van der Waals surface area (Å²) in [4.78, 5) is 11.1. The zero-order valence-electron chi connectivity index (χ0n) is 8.74. The molecule has 2 atom stereocenters. The smallest absolute Gasteiger partial charge is 0.311 e. The second-order valence-corrected chi connectivity index (χ2v) is 3.30. The summed E-state index contributed by atoms with van der Waals surface area (Å²) in [5, 5.41) is 0. The van der Waals surface area contributed by atoms with Crippen LogP contribution in [0.15, 0.2) is 0 Å². The van der Waals surface area contributed by atoms with Crippen LogP contribution in [-0.4, -0.2) is 45.3 Å². The highest BCUT2D eigenvalue weighted by Gasteiger charge is 2.39. The summed E-state index contributed by atoms with van der Waals surface area (Å²) in [5.74, 6) is -1.34. The van der Waals surface area contributed by atoms with E-state index in [0.717, 1.165) is 0 Å². The third-order valence-electron chi connectivity index (χ3n) is 2.18. The molecule has 1 rings (SSSR count). The van der Waals surface area contributed by atoms with E-state index in [2.05, 4.69) is 4.74 Å². The Bertz CT molecular complexity index is 195. The fourth-order valence-corrected chi connectivity index (χ4v) is 1.21. The topological polar surface area (TPSA) is 54.0 Å². The first-order chi connectivity index (χ1) is 6.62. The average molecular weight is 204 g/mol. The summed E-state index contributed by atoms with van der Waals surface area (Å²) in [7, 11) is 2.82. The van der Waals surface area contributed by atoms with Gasteiger partial charge in [-0.25, -0.2) is 0 Å². The molecule has 5 heteroatoms. The first-order valence-electron chi connectivity index (χ1n) is 4.49. The van der Waals surface area contributed by atoms with Gasteiger partial charge in [-0.1, -0.05) is 0 Å². The van der Waals surface area contributed by atoms with E-state index >= 15 is 0 Å². The van der Waals surface area contributed by atoms with Crippen LogP contribution in [0.2, 0.25) is 0 Å². The lowest BCUT2D eigenvalue weighted by atomic mass is 10.2. The molecule has 0 aromatic rings. The monoisotopic (exact) mass is 204 g/mol. The first kappa shape index (κ1) is 11.4. The SMILES string of the molecule is COC(=O)CC1(OC)COC(C)CO1. The second-order valence-electron chi connectivity index (χ2n) is 3.30. The van der Waals surface area contributed by atoms with Crippen molar-refractivity contribution >= 4 is 5.97 Å². The van der Waals surface area contributed by atoms with E-state index in [9.17, 15) is 4.79 Å². The van der Waals surface area contributed by atoms with E-state index in [1.807, 2.05) is 6.92 Å². The van der Waals surface area contributed by atoms with E-state index in [1.54, 1.807) is 0 Å². The number of rotatable bonds is 3. The number of ether oxygens (including phenoxy) is 4. The van der Waals surface area contributed by atoms with Crippen LogP contribution in [0.1, 0.15) is 13.3 Å². The quantitative estimate of drug-likeness (QED) is 0.620. The highest BCUT2D eigenvalue weighted by atomic mass is 16.7. The minimum Gasteiger partial charge on any atom is -0.469 e. The van der Waals surface area contributed by atoms with Gasteiger partial charge in [0, 0.05) is 7.11 Å². The molecule has 1 saturated heterocycles. The van der Waals surface area contributed by atoms with Crippen LogP contribution in [0.3, 0.4) is 0 Å². The molecular formula is C9H16O5. The number of hydrogen-bond donors (Lipinski definition) is 0. The molecule has 2 unspecified atom stereocenters. The van der Waals surface area contributed by atoms with Gasteiger partial charge in [-0.3, -0.25) is 4.79 Å². The standard InChI is InChI=1S/C9H16O5/c1-7-5-14-9(12-3,6-13-7)4-8(10)11-2/h7H,4-6H2,1-3H3. The molecular weight excluding hydrogens is 188 g/mol. The Kier molecular flexibility index (Phi) is 3.86. The van der Waals surface area contributed by atoms with Crippen molar-refractivity contribution in [2.75, 3.05) is 27.4 Å². The zero-order valence-corrected chi connectivity index (χ0v) is 8.74. The van der Waals surface area contributed by atoms with Gasteiger partial charge >= 0.3 is 5.97 Å². The van der Waals surface area contributed by atoms with Crippen LogP contribution < -0.4 is 0 Å². The third-order valence-corrected chi connectivity index (χ3v) is 2.18. The van der Waals surface area contributed by atoms with Crippen molar-refractivity contribution in [3.8, 4) is 0 Å². The van der Waals surface area contributed by atoms with E-state index in [0.29, 0.717) is 6.61 Å². The van der Waals surface area contributed by atoms with Gasteiger partial charge in [0.1, 0.15) is 13.0 Å². The third kappa shape index (κ3) is 2.67. The van der Waals surface area contributed by atoms with Gasteiger partial charge in [-0.2, -0.15) is 0 Å². The van der Waals surface area contributed by atoms with Crippen molar-refractivity contribution in [1.82, 2.24) is 0 Å². The minimum atomic E-state index is -0.973. The lowest BCUT2D eigenvalue weighted by molar-refractivity contribution is -0.298. The number of hydrogen-bond acceptors (Lipinski definition) is 5. The molecule has 5 nitrogen and oxygen atoms in total. The van der Waals surface area contributed by atoms with Crippen molar-refractivity contribution in [3.05, 3.63) is 0 Å². The normalized spacial score (nSPS) is 32.6. The van der Waals surface area contributed by atoms with Crippen molar-refractivity contribution in [3.63, 3.8) is 0 Å². The lowest BCUT2D eigenvalue weighted by Crippen LogP contribution is -2.49. The van der Waals surface area contributed by atoms with Gasteiger partial charge in [-0.05, 0) is 6.92 Å². The van der Waals surface area contributed by atoms with Crippen molar-refractivity contribution in [2.45, 2.75) is 25.2 Å². The summed E-state index contributed by atoms with van der Waals surface area (Å²) in [6.07, 6.45) is 0.0862. The molecule has 1 fully saturated rings. The molecule has 0 aromatic carbocycles. The highest BCUT2D eigenvalue weighted by Crippen LogP contribution is 2.23. The Morgan fingerprint density at radius 1 is 1.57 bits per heavy atom. The molecule has 1 aliphatic rings. The number of esters is 1. The maximum atomic E-state index is 11.1. The molecule has 1 aliphatic heterocycles. The Balaban J connectivity index is 2.54. The van der Waals surface area contributed by atoms with Gasteiger partial charge in [0.2, 0.25) is 5.79 Å². The van der Waals surface area contributed by atoms with E-state index in [-0.39, 0.29) is 25.1 Å². The number of carbonyl (C=O) groups is 1. The molecule has 0 saturated carbocycles. The second kappa shape index (κ2) is 4.72. The summed E-state index contributed by atoms with van der Waals surface area (Å²) < 4.78 is 20.5. The van der Waals surface area contributed by atoms with Gasteiger partial charge < -0.3 is 18.9 Å². The first-order valence-corrected chi connectivity index (χ1v) is 4.49. The van der Waals surface area contributed by atoms with Crippen LogP contribution in [0.4, 0.5) is 0 Å². The predicted molar refractivity (Wildman–Crippen MR) is 47.7 cm³/mol. The molecule has 0 bridgehead atoms. The van der Waals surface area contributed by atoms with Gasteiger partial charge in [0.25, 0.3) is 0 Å². The number of carbonyl (C=O) groups excluding carboxylic acids is 1. The van der Waals surface area contributed by atoms with Crippen LogP contribution >= 0.6 is 0 Å². The highest BCUT2D eigenvalue weighted by molar-refractivity contribution is 5.70. The molecule has 0 aromatic heterocycles. The van der Waals surface area contributed by atoms with Crippen LogP contribution in [-0.2, 0) is 23.7 Å². The van der Waals surface area contributed by atoms with Gasteiger partial charge in [0.05, 0.1) is 19.8 Å². The number of methoxy groups -OCH3 is 2. The maximum Gasteiger partial charge on any atom is 0.311 e. The molecule has 14 heavy (non-hydrogen) atoms. The largest absolute Gasteiger partial charge is 0.469 e. The maximum absolute atomic E-state index is 11.1. The van der Waals surface area contributed by atoms with Crippen LogP contribution in [0, 0.1) is 0 Å². The summed E-state index contributed by atoms with van der Waals surface area (Å²) in [5.41, 5.74) is 0. The van der Waals surface area contributed by atoms with E-state index in [1.165, 1.54) is 14.2 Å². The van der Waals surface area contributed by atoms with Crippen molar-refractivity contribution < 1.29 is 23.7 Å². The Labute approximate surface area is 83.3 Å². The molecule has 0 N–H and O–H groups in total. The molecule has 0 radical (unpaired) electrons. The van der Waals surface area contributed by atoms with Gasteiger partial charge in [-0.15, -0.1) is 0 Å². The summed E-state index contributed by atoms with van der Waals surface area (Å²) >= 11 is 0. The lowest BCUT2D eigenvalue weighted by Gasteiger charge is -2.37. The fourth-order valence-electron chi connectivity index (χ4n) is 1.21. The molecule has 0 spiro atoms. The van der Waals surface area contributed by atoms with Crippen molar-refractivity contribution in [1.29, 1.82) is 0 Å². The summed E-state index contributed by atoms with van der Waals surface area (Å²) in [6.45, 7) is 2.57. The molecule has 82 valence electrons. The molecule has 0 aliphatic carbocycles. The van der Waals surface area contributed by atoms with E-state index in [4.69, 9.17) is 14.2 Å².